The molecule has 0 radical (unpaired) electrons. The van der Waals surface area contributed by atoms with Crippen molar-refractivity contribution in [2.75, 3.05) is 0 Å². The van der Waals surface area contributed by atoms with Crippen molar-refractivity contribution >= 4 is 59.9 Å². The third-order valence-electron chi connectivity index (χ3n) is 2.03. The lowest BCUT2D eigenvalue weighted by atomic mass is 10.1. The molecule has 2 aromatic rings. The Morgan fingerprint density at radius 1 is 1.57 bits per heavy atom. The van der Waals surface area contributed by atoms with E-state index >= 15 is 0 Å². The minimum atomic E-state index is 0.799. The van der Waals surface area contributed by atoms with Gasteiger partial charge in [-0.15, -0.1) is 11.3 Å². The monoisotopic (exact) mass is 377 g/mol. The number of nitrogens with zero attached hydrogens (tertiary/aromatic N) is 1. The number of nitriles is 1. The lowest BCUT2D eigenvalue weighted by molar-refractivity contribution is 1.40. The zero-order valence-corrected chi connectivity index (χ0v) is 11.6. The molecule has 0 saturated carbocycles. The van der Waals surface area contributed by atoms with Crippen LogP contribution in [0.1, 0.15) is 11.1 Å². The van der Waals surface area contributed by atoms with Crippen LogP contribution in [0.15, 0.2) is 17.5 Å². The molecule has 0 aliphatic rings. The first kappa shape index (κ1) is 10.4. The zero-order chi connectivity index (χ0) is 10.1. The summed E-state index contributed by atoms with van der Waals surface area (Å²) in [6, 6.07) is 6.44. The maximum Gasteiger partial charge on any atom is 0.101 e. The number of thiophene rings is 1. The summed E-state index contributed by atoms with van der Waals surface area (Å²) in [5.74, 6) is 0. The molecule has 1 nitrogen and oxygen atoms in total. The van der Waals surface area contributed by atoms with Crippen molar-refractivity contribution in [3.8, 4) is 6.07 Å². The van der Waals surface area contributed by atoms with Crippen molar-refractivity contribution in [1.29, 1.82) is 5.26 Å². The van der Waals surface area contributed by atoms with E-state index in [0.717, 1.165) is 19.8 Å². The Hall–Kier alpha value is -0.120. The van der Waals surface area contributed by atoms with Gasteiger partial charge in [-0.25, -0.2) is 0 Å². The highest BCUT2D eigenvalue weighted by molar-refractivity contribution is 14.1. The van der Waals surface area contributed by atoms with Crippen LogP contribution in [0, 0.1) is 14.9 Å². The first-order valence-corrected chi connectivity index (χ1v) is 7.00. The van der Waals surface area contributed by atoms with Gasteiger partial charge in [-0.1, -0.05) is 15.9 Å². The first-order chi connectivity index (χ1) is 6.77. The largest absolute Gasteiger partial charge is 0.192 e. The quantitative estimate of drug-likeness (QED) is 0.537. The third-order valence-corrected chi connectivity index (χ3v) is 4.73. The predicted molar refractivity (Wildman–Crippen MR) is 71.9 cm³/mol. The number of alkyl halides is 1. The van der Waals surface area contributed by atoms with Crippen LogP contribution in [0.25, 0.3) is 10.1 Å². The van der Waals surface area contributed by atoms with Gasteiger partial charge in [-0.3, -0.25) is 0 Å². The normalized spacial score (nSPS) is 10.4. The van der Waals surface area contributed by atoms with Gasteiger partial charge < -0.3 is 0 Å². The van der Waals surface area contributed by atoms with Gasteiger partial charge in [0.25, 0.3) is 0 Å². The second kappa shape index (κ2) is 4.17. The molecule has 0 aliphatic carbocycles. The fourth-order valence-corrected chi connectivity index (χ4v) is 3.93. The third kappa shape index (κ3) is 1.58. The number of benzene rings is 1. The summed E-state index contributed by atoms with van der Waals surface area (Å²) in [5.41, 5.74) is 2.00. The fraction of sp³-hybridized carbons (Fsp3) is 0.100. The van der Waals surface area contributed by atoms with E-state index < -0.39 is 0 Å². The molecule has 0 N–H and O–H groups in total. The molecular formula is C10H5BrINS. The fourth-order valence-electron chi connectivity index (χ4n) is 1.35. The van der Waals surface area contributed by atoms with Crippen LogP contribution in [0.3, 0.4) is 0 Å². The Kier molecular flexibility index (Phi) is 3.10. The van der Waals surface area contributed by atoms with Gasteiger partial charge >= 0.3 is 0 Å². The smallest absolute Gasteiger partial charge is 0.101 e. The Labute approximate surface area is 108 Å². The maximum absolute atomic E-state index is 9.09. The van der Waals surface area contributed by atoms with Crippen molar-refractivity contribution in [3.05, 3.63) is 32.2 Å². The molecule has 0 atom stereocenters. The molecule has 0 saturated heterocycles. The maximum atomic E-state index is 9.09. The van der Waals surface area contributed by atoms with Crippen LogP contribution in [-0.4, -0.2) is 0 Å². The topological polar surface area (TPSA) is 23.8 Å². The first-order valence-electron chi connectivity index (χ1n) is 3.92. The second-order valence-electron chi connectivity index (χ2n) is 2.80. The standard InChI is InChI=1S/C10H5BrINS/c11-4-6-3-9-7(1-2-14-9)8(5-13)10(6)12/h1-3H,4H2. The zero-order valence-electron chi connectivity index (χ0n) is 7.05. The summed E-state index contributed by atoms with van der Waals surface area (Å²) in [6.45, 7) is 0. The van der Waals surface area contributed by atoms with Crippen LogP contribution in [0.5, 0.6) is 0 Å². The number of halogens is 2. The number of rotatable bonds is 1. The lowest BCUT2D eigenvalue weighted by Gasteiger charge is -2.03. The van der Waals surface area contributed by atoms with Crippen LogP contribution >= 0.6 is 49.9 Å². The average Bonchev–Trinajstić information content (AvgIpc) is 2.64. The molecule has 0 spiro atoms. The minimum Gasteiger partial charge on any atom is -0.192 e. The van der Waals surface area contributed by atoms with Crippen molar-refractivity contribution in [2.45, 2.75) is 5.33 Å². The molecule has 14 heavy (non-hydrogen) atoms. The van der Waals surface area contributed by atoms with Crippen molar-refractivity contribution < 1.29 is 0 Å². The van der Waals surface area contributed by atoms with Crippen molar-refractivity contribution in [1.82, 2.24) is 0 Å². The summed E-state index contributed by atoms with van der Waals surface area (Å²) in [5, 5.41) is 13.0. The Morgan fingerprint density at radius 3 is 3.00 bits per heavy atom. The summed E-state index contributed by atoms with van der Waals surface area (Å²) < 4.78 is 2.25. The summed E-state index contributed by atoms with van der Waals surface area (Å²) >= 11 is 7.35. The Morgan fingerprint density at radius 2 is 2.36 bits per heavy atom. The van der Waals surface area contributed by atoms with Crippen LogP contribution in [-0.2, 0) is 5.33 Å². The Bertz CT molecular complexity index is 527. The van der Waals surface area contributed by atoms with E-state index in [1.807, 2.05) is 11.4 Å². The van der Waals surface area contributed by atoms with Gasteiger partial charge in [0.2, 0.25) is 0 Å². The molecule has 0 fully saturated rings. The second-order valence-corrected chi connectivity index (χ2v) is 5.39. The van der Waals surface area contributed by atoms with E-state index in [-0.39, 0.29) is 0 Å². The number of hydrogen-bond donors (Lipinski definition) is 0. The van der Waals surface area contributed by atoms with Crippen LogP contribution < -0.4 is 0 Å². The van der Waals surface area contributed by atoms with E-state index in [4.69, 9.17) is 5.26 Å². The molecule has 0 bridgehead atoms. The van der Waals surface area contributed by atoms with E-state index in [9.17, 15) is 0 Å². The van der Waals surface area contributed by atoms with Gasteiger partial charge in [-0.05, 0) is 45.7 Å². The molecule has 0 aliphatic heterocycles. The highest BCUT2D eigenvalue weighted by Crippen LogP contribution is 2.31. The number of fused-ring (bicyclic) bond motifs is 1. The molecule has 0 unspecified atom stereocenters. The van der Waals surface area contributed by atoms with Crippen molar-refractivity contribution in [2.24, 2.45) is 0 Å². The van der Waals surface area contributed by atoms with Gasteiger partial charge in [0.15, 0.2) is 0 Å². The summed E-state index contributed by atoms with van der Waals surface area (Å²) in [4.78, 5) is 0. The van der Waals surface area contributed by atoms with Crippen LogP contribution in [0.2, 0.25) is 0 Å². The highest BCUT2D eigenvalue weighted by atomic mass is 127. The van der Waals surface area contributed by atoms with Gasteiger partial charge in [-0.2, -0.15) is 5.26 Å². The molecular weight excluding hydrogens is 373 g/mol. The van der Waals surface area contributed by atoms with Crippen molar-refractivity contribution in [3.63, 3.8) is 0 Å². The van der Waals surface area contributed by atoms with E-state index in [1.54, 1.807) is 11.3 Å². The van der Waals surface area contributed by atoms with Crippen LogP contribution in [0.4, 0.5) is 0 Å². The molecule has 2 rings (SSSR count). The Balaban J connectivity index is 2.89. The highest BCUT2D eigenvalue weighted by Gasteiger charge is 2.10. The van der Waals surface area contributed by atoms with Gasteiger partial charge in [0.05, 0.1) is 5.56 Å². The molecule has 1 heterocycles. The average molecular weight is 378 g/mol. The molecule has 0 amide bonds. The van der Waals surface area contributed by atoms with E-state index in [2.05, 4.69) is 50.7 Å². The molecule has 1 aromatic carbocycles. The van der Waals surface area contributed by atoms with E-state index in [1.165, 1.54) is 10.3 Å². The summed E-state index contributed by atoms with van der Waals surface area (Å²) in [7, 11) is 0. The number of hydrogen-bond acceptors (Lipinski definition) is 2. The van der Waals surface area contributed by atoms with E-state index in [0.29, 0.717) is 0 Å². The minimum absolute atomic E-state index is 0.799. The SMILES string of the molecule is N#Cc1c(I)c(CBr)cc2sccc12. The lowest BCUT2D eigenvalue weighted by Crippen LogP contribution is -1.89. The molecule has 1 aromatic heterocycles. The van der Waals surface area contributed by atoms with Gasteiger partial charge in [0.1, 0.15) is 6.07 Å². The predicted octanol–water partition coefficient (Wildman–Crippen LogP) is 4.27. The molecule has 4 heteroatoms. The van der Waals surface area contributed by atoms with Gasteiger partial charge in [0, 0.05) is 19.0 Å². The summed E-state index contributed by atoms with van der Waals surface area (Å²) in [6.07, 6.45) is 0. The molecule has 70 valence electrons.